The molecule has 4 heteroatoms. The van der Waals surface area contributed by atoms with Gasteiger partial charge in [-0.05, 0) is 25.7 Å². The number of hydrogen-bond acceptors (Lipinski definition) is 4. The molecule has 2 atom stereocenters. The summed E-state index contributed by atoms with van der Waals surface area (Å²) in [6, 6.07) is 0.640. The molecule has 0 aromatic rings. The molecule has 2 aliphatic rings. The summed E-state index contributed by atoms with van der Waals surface area (Å²) in [5.41, 5.74) is 0. The van der Waals surface area contributed by atoms with Gasteiger partial charge in [-0.3, -0.25) is 4.90 Å². The Kier molecular flexibility index (Phi) is 5.89. The predicted molar refractivity (Wildman–Crippen MR) is 70.7 cm³/mol. The maximum absolute atomic E-state index is 9.95. The molecule has 1 saturated heterocycles. The van der Waals surface area contributed by atoms with E-state index in [9.17, 15) is 5.11 Å². The third-order valence-electron chi connectivity index (χ3n) is 4.11. The Morgan fingerprint density at radius 3 is 2.67 bits per heavy atom. The van der Waals surface area contributed by atoms with E-state index in [-0.39, 0.29) is 6.10 Å². The number of ether oxygens (including phenoxy) is 2. The van der Waals surface area contributed by atoms with Gasteiger partial charge in [-0.1, -0.05) is 12.8 Å². The van der Waals surface area contributed by atoms with Crippen LogP contribution in [0.1, 0.15) is 38.5 Å². The van der Waals surface area contributed by atoms with E-state index in [2.05, 4.69) is 4.90 Å². The van der Waals surface area contributed by atoms with Crippen molar-refractivity contribution in [3.8, 4) is 0 Å². The minimum Gasteiger partial charge on any atom is -0.389 e. The summed E-state index contributed by atoms with van der Waals surface area (Å²) in [7, 11) is 1.64. The quantitative estimate of drug-likeness (QED) is 0.749. The summed E-state index contributed by atoms with van der Waals surface area (Å²) >= 11 is 0. The first-order valence-corrected chi connectivity index (χ1v) is 7.32. The highest BCUT2D eigenvalue weighted by Gasteiger charge is 2.28. The smallest absolute Gasteiger partial charge is 0.0900 e. The largest absolute Gasteiger partial charge is 0.389 e. The van der Waals surface area contributed by atoms with E-state index in [0.717, 1.165) is 19.7 Å². The van der Waals surface area contributed by atoms with E-state index in [0.29, 0.717) is 18.8 Å². The summed E-state index contributed by atoms with van der Waals surface area (Å²) in [5.74, 6) is 0. The molecule has 4 nitrogen and oxygen atoms in total. The van der Waals surface area contributed by atoms with Gasteiger partial charge >= 0.3 is 0 Å². The number of rotatable bonds is 7. The fourth-order valence-electron chi connectivity index (χ4n) is 3.21. The number of methoxy groups -OCH3 is 1. The third-order valence-corrected chi connectivity index (χ3v) is 4.11. The van der Waals surface area contributed by atoms with Crippen molar-refractivity contribution in [2.24, 2.45) is 0 Å². The van der Waals surface area contributed by atoms with Crippen LogP contribution in [-0.4, -0.2) is 61.7 Å². The first-order chi connectivity index (χ1) is 8.79. The Bertz CT molecular complexity index is 225. The average molecular weight is 257 g/mol. The lowest BCUT2D eigenvalue weighted by molar-refractivity contribution is 0.00457. The Hall–Kier alpha value is -0.160. The molecule has 2 fully saturated rings. The Balaban J connectivity index is 1.84. The van der Waals surface area contributed by atoms with Gasteiger partial charge in [-0.25, -0.2) is 0 Å². The minimum absolute atomic E-state index is 0.375. The Morgan fingerprint density at radius 2 is 2.06 bits per heavy atom. The van der Waals surface area contributed by atoms with Crippen molar-refractivity contribution in [2.45, 2.75) is 56.8 Å². The second-order valence-electron chi connectivity index (χ2n) is 5.64. The van der Waals surface area contributed by atoms with Crippen LogP contribution in [0.2, 0.25) is 0 Å². The van der Waals surface area contributed by atoms with Crippen molar-refractivity contribution in [2.75, 3.05) is 33.4 Å². The molecular formula is C14H27NO3. The van der Waals surface area contributed by atoms with Crippen LogP contribution in [0.3, 0.4) is 0 Å². The van der Waals surface area contributed by atoms with Gasteiger partial charge in [0.25, 0.3) is 0 Å². The van der Waals surface area contributed by atoms with Crippen LogP contribution < -0.4 is 0 Å². The molecule has 0 amide bonds. The summed E-state index contributed by atoms with van der Waals surface area (Å²) in [6.45, 7) is 3.03. The molecule has 1 aliphatic heterocycles. The number of hydrogen-bond donors (Lipinski definition) is 1. The summed E-state index contributed by atoms with van der Waals surface area (Å²) < 4.78 is 10.8. The Morgan fingerprint density at radius 1 is 1.28 bits per heavy atom. The van der Waals surface area contributed by atoms with E-state index >= 15 is 0 Å². The van der Waals surface area contributed by atoms with E-state index in [1.54, 1.807) is 7.11 Å². The lowest BCUT2D eigenvalue weighted by Gasteiger charge is -2.32. The van der Waals surface area contributed by atoms with Crippen LogP contribution in [0.4, 0.5) is 0 Å². The van der Waals surface area contributed by atoms with Crippen LogP contribution >= 0.6 is 0 Å². The van der Waals surface area contributed by atoms with E-state index in [1.165, 1.54) is 38.5 Å². The van der Waals surface area contributed by atoms with Crippen molar-refractivity contribution in [3.63, 3.8) is 0 Å². The number of aliphatic hydroxyl groups excluding tert-OH is 1. The van der Waals surface area contributed by atoms with Gasteiger partial charge < -0.3 is 14.6 Å². The van der Waals surface area contributed by atoms with Gasteiger partial charge in [0.15, 0.2) is 0 Å². The summed E-state index contributed by atoms with van der Waals surface area (Å²) in [6.07, 6.45) is 7.55. The maximum Gasteiger partial charge on any atom is 0.0900 e. The minimum atomic E-state index is -0.378. The lowest BCUT2D eigenvalue weighted by Crippen LogP contribution is -2.44. The van der Waals surface area contributed by atoms with E-state index < -0.39 is 0 Å². The molecule has 1 heterocycles. The highest BCUT2D eigenvalue weighted by Crippen LogP contribution is 2.25. The highest BCUT2D eigenvalue weighted by atomic mass is 16.5. The second-order valence-corrected chi connectivity index (χ2v) is 5.64. The number of nitrogens with zero attached hydrogens (tertiary/aromatic N) is 1. The Labute approximate surface area is 110 Å². The zero-order valence-electron chi connectivity index (χ0n) is 11.5. The second kappa shape index (κ2) is 7.43. The standard InChI is InChI=1S/C14H27NO3/c1-17-11-13(16)9-15(12-5-2-3-6-12)10-14-7-4-8-18-14/h12-14,16H,2-11H2,1H3/t13-,14-/m0/s1. The number of aliphatic hydroxyl groups is 1. The van der Waals surface area contributed by atoms with Gasteiger partial charge in [-0.15, -0.1) is 0 Å². The first-order valence-electron chi connectivity index (χ1n) is 7.32. The lowest BCUT2D eigenvalue weighted by atomic mass is 10.1. The molecule has 18 heavy (non-hydrogen) atoms. The topological polar surface area (TPSA) is 41.9 Å². The van der Waals surface area contributed by atoms with Gasteiger partial charge in [0, 0.05) is 32.8 Å². The molecule has 0 unspecified atom stereocenters. The van der Waals surface area contributed by atoms with Gasteiger partial charge in [0.05, 0.1) is 18.8 Å². The van der Waals surface area contributed by atoms with Crippen molar-refractivity contribution in [1.29, 1.82) is 0 Å². The fourth-order valence-corrected chi connectivity index (χ4v) is 3.21. The third kappa shape index (κ3) is 4.19. The molecular weight excluding hydrogens is 230 g/mol. The zero-order valence-corrected chi connectivity index (χ0v) is 11.5. The van der Waals surface area contributed by atoms with Crippen LogP contribution in [0.15, 0.2) is 0 Å². The molecule has 0 spiro atoms. The molecule has 1 aliphatic carbocycles. The molecule has 106 valence electrons. The van der Waals surface area contributed by atoms with Crippen LogP contribution in [0.5, 0.6) is 0 Å². The molecule has 1 N–H and O–H groups in total. The highest BCUT2D eigenvalue weighted by molar-refractivity contribution is 4.82. The van der Waals surface area contributed by atoms with Crippen LogP contribution in [0.25, 0.3) is 0 Å². The average Bonchev–Trinajstić information content (AvgIpc) is 3.01. The monoisotopic (exact) mass is 257 g/mol. The predicted octanol–water partition coefficient (Wildman–Crippen LogP) is 1.42. The molecule has 0 aromatic heterocycles. The summed E-state index contributed by atoms with van der Waals surface area (Å²) in [5, 5.41) is 9.95. The first kappa shape index (κ1) is 14.3. The molecule has 0 bridgehead atoms. The zero-order chi connectivity index (χ0) is 12.8. The van der Waals surface area contributed by atoms with Crippen molar-refractivity contribution >= 4 is 0 Å². The van der Waals surface area contributed by atoms with E-state index in [1.807, 2.05) is 0 Å². The normalized spacial score (nSPS) is 27.2. The molecule has 1 saturated carbocycles. The van der Waals surface area contributed by atoms with Crippen molar-refractivity contribution in [3.05, 3.63) is 0 Å². The molecule has 2 rings (SSSR count). The van der Waals surface area contributed by atoms with Gasteiger partial charge in [-0.2, -0.15) is 0 Å². The SMILES string of the molecule is COC[C@@H](O)CN(C[C@@H]1CCCO1)C1CCCC1. The maximum atomic E-state index is 9.95. The van der Waals surface area contributed by atoms with Gasteiger partial charge in [0.1, 0.15) is 0 Å². The van der Waals surface area contributed by atoms with Crippen LogP contribution in [0, 0.1) is 0 Å². The summed E-state index contributed by atoms with van der Waals surface area (Å²) in [4.78, 5) is 2.44. The molecule has 0 radical (unpaired) electrons. The van der Waals surface area contributed by atoms with Gasteiger partial charge in [0.2, 0.25) is 0 Å². The molecule has 0 aromatic carbocycles. The fraction of sp³-hybridized carbons (Fsp3) is 1.00. The van der Waals surface area contributed by atoms with Crippen LogP contribution in [-0.2, 0) is 9.47 Å². The van der Waals surface area contributed by atoms with Crippen molar-refractivity contribution < 1.29 is 14.6 Å². The van der Waals surface area contributed by atoms with Crippen molar-refractivity contribution in [1.82, 2.24) is 4.90 Å². The van der Waals surface area contributed by atoms with E-state index in [4.69, 9.17) is 9.47 Å².